The van der Waals surface area contributed by atoms with E-state index in [-0.39, 0.29) is 5.91 Å². The number of nitrogens with zero attached hydrogens (tertiary/aromatic N) is 2. The second-order valence-corrected chi connectivity index (χ2v) is 5.38. The SMILES string of the molecule is CC(=O)N(CC1CC2C=CC1C2)c1cccnc1. The van der Waals surface area contributed by atoms with Crippen molar-refractivity contribution >= 4 is 11.6 Å². The van der Waals surface area contributed by atoms with Gasteiger partial charge in [-0.15, -0.1) is 0 Å². The smallest absolute Gasteiger partial charge is 0.223 e. The molecule has 1 amide bonds. The molecule has 1 aromatic rings. The molecule has 3 rings (SSSR count). The quantitative estimate of drug-likeness (QED) is 0.763. The van der Waals surface area contributed by atoms with E-state index in [1.807, 2.05) is 17.0 Å². The molecule has 18 heavy (non-hydrogen) atoms. The largest absolute Gasteiger partial charge is 0.311 e. The van der Waals surface area contributed by atoms with Gasteiger partial charge in [-0.25, -0.2) is 0 Å². The fourth-order valence-electron chi connectivity index (χ4n) is 3.27. The Hall–Kier alpha value is -1.64. The average Bonchev–Trinajstić information content (AvgIpc) is 2.98. The average molecular weight is 242 g/mol. The topological polar surface area (TPSA) is 33.2 Å². The molecular formula is C15H18N2O. The molecule has 3 heteroatoms. The van der Waals surface area contributed by atoms with Gasteiger partial charge in [0.05, 0.1) is 11.9 Å². The molecule has 0 N–H and O–H groups in total. The number of carbonyl (C=O) groups excluding carboxylic acids is 1. The van der Waals surface area contributed by atoms with Crippen LogP contribution in [-0.2, 0) is 4.79 Å². The summed E-state index contributed by atoms with van der Waals surface area (Å²) >= 11 is 0. The van der Waals surface area contributed by atoms with Gasteiger partial charge < -0.3 is 4.90 Å². The van der Waals surface area contributed by atoms with E-state index in [4.69, 9.17) is 0 Å². The van der Waals surface area contributed by atoms with Crippen LogP contribution in [0.4, 0.5) is 5.69 Å². The number of pyridine rings is 1. The van der Waals surface area contributed by atoms with E-state index in [9.17, 15) is 4.79 Å². The molecule has 0 spiro atoms. The molecule has 2 aliphatic carbocycles. The highest BCUT2D eigenvalue weighted by Gasteiger charge is 2.36. The van der Waals surface area contributed by atoms with Gasteiger partial charge in [-0.2, -0.15) is 0 Å². The molecule has 1 saturated carbocycles. The molecule has 3 nitrogen and oxygen atoms in total. The van der Waals surface area contributed by atoms with Gasteiger partial charge in [0.1, 0.15) is 0 Å². The predicted octanol–water partition coefficient (Wildman–Crippen LogP) is 2.65. The van der Waals surface area contributed by atoms with Crippen LogP contribution in [-0.4, -0.2) is 17.4 Å². The van der Waals surface area contributed by atoms with Crippen molar-refractivity contribution in [2.24, 2.45) is 17.8 Å². The van der Waals surface area contributed by atoms with E-state index in [1.54, 1.807) is 19.3 Å². The van der Waals surface area contributed by atoms with Crippen molar-refractivity contribution in [1.29, 1.82) is 0 Å². The lowest BCUT2D eigenvalue weighted by Gasteiger charge is -2.27. The molecule has 2 bridgehead atoms. The van der Waals surface area contributed by atoms with Gasteiger partial charge >= 0.3 is 0 Å². The highest BCUT2D eigenvalue weighted by molar-refractivity contribution is 5.91. The Balaban J connectivity index is 1.76. The summed E-state index contributed by atoms with van der Waals surface area (Å²) in [6, 6.07) is 3.84. The van der Waals surface area contributed by atoms with Gasteiger partial charge in [-0.1, -0.05) is 12.2 Å². The minimum Gasteiger partial charge on any atom is -0.311 e. The van der Waals surface area contributed by atoms with Gasteiger partial charge in [0.15, 0.2) is 0 Å². The highest BCUT2D eigenvalue weighted by atomic mass is 16.2. The van der Waals surface area contributed by atoms with Crippen LogP contribution < -0.4 is 4.90 Å². The van der Waals surface area contributed by atoms with Crippen LogP contribution in [0.5, 0.6) is 0 Å². The van der Waals surface area contributed by atoms with Crippen molar-refractivity contribution in [3.05, 3.63) is 36.7 Å². The monoisotopic (exact) mass is 242 g/mol. The molecule has 0 saturated heterocycles. The van der Waals surface area contributed by atoms with Gasteiger partial charge in [0, 0.05) is 19.7 Å². The summed E-state index contributed by atoms with van der Waals surface area (Å²) in [5.41, 5.74) is 0.914. The summed E-state index contributed by atoms with van der Waals surface area (Å²) in [6.07, 6.45) is 10.7. The number of hydrogen-bond donors (Lipinski definition) is 0. The van der Waals surface area contributed by atoms with Crippen LogP contribution >= 0.6 is 0 Å². The number of rotatable bonds is 3. The van der Waals surface area contributed by atoms with Crippen LogP contribution in [0.2, 0.25) is 0 Å². The standard InChI is InChI=1S/C15H18N2O/c1-11(18)17(15-3-2-6-16-9-15)10-14-8-12-4-5-13(14)7-12/h2-6,9,12-14H,7-8,10H2,1H3. The second-order valence-electron chi connectivity index (χ2n) is 5.38. The van der Waals surface area contributed by atoms with Crippen molar-refractivity contribution in [2.75, 3.05) is 11.4 Å². The first kappa shape index (κ1) is 11.5. The lowest BCUT2D eigenvalue weighted by atomic mass is 9.93. The summed E-state index contributed by atoms with van der Waals surface area (Å²) in [5.74, 6) is 2.15. The molecule has 1 heterocycles. The Bertz CT molecular complexity index is 469. The van der Waals surface area contributed by atoms with E-state index in [2.05, 4.69) is 17.1 Å². The lowest BCUT2D eigenvalue weighted by Crippen LogP contribution is -2.35. The number of anilines is 1. The summed E-state index contributed by atoms with van der Waals surface area (Å²) in [5, 5.41) is 0. The Kier molecular flexibility index (Phi) is 2.90. The van der Waals surface area contributed by atoms with Crippen molar-refractivity contribution < 1.29 is 4.79 Å². The Morgan fingerprint density at radius 2 is 2.33 bits per heavy atom. The maximum Gasteiger partial charge on any atom is 0.223 e. The fourth-order valence-corrected chi connectivity index (χ4v) is 3.27. The molecule has 1 fully saturated rings. The predicted molar refractivity (Wildman–Crippen MR) is 71.1 cm³/mol. The van der Waals surface area contributed by atoms with E-state index < -0.39 is 0 Å². The molecule has 94 valence electrons. The number of carbonyl (C=O) groups is 1. The summed E-state index contributed by atoms with van der Waals surface area (Å²) in [7, 11) is 0. The molecule has 1 aromatic heterocycles. The summed E-state index contributed by atoms with van der Waals surface area (Å²) in [6.45, 7) is 2.46. The van der Waals surface area contributed by atoms with Crippen molar-refractivity contribution in [3.8, 4) is 0 Å². The maximum atomic E-state index is 11.8. The lowest BCUT2D eigenvalue weighted by molar-refractivity contribution is -0.116. The maximum absolute atomic E-state index is 11.8. The molecule has 2 aliphatic rings. The molecule has 0 aliphatic heterocycles. The molecule has 0 aromatic carbocycles. The zero-order valence-corrected chi connectivity index (χ0v) is 10.6. The number of aromatic nitrogens is 1. The third-order valence-corrected chi connectivity index (χ3v) is 4.17. The third kappa shape index (κ3) is 2.05. The number of hydrogen-bond acceptors (Lipinski definition) is 2. The summed E-state index contributed by atoms with van der Waals surface area (Å²) in [4.78, 5) is 17.8. The molecule has 3 unspecified atom stereocenters. The number of fused-ring (bicyclic) bond motifs is 2. The highest BCUT2D eigenvalue weighted by Crippen LogP contribution is 2.43. The second kappa shape index (κ2) is 4.56. The zero-order valence-electron chi connectivity index (χ0n) is 10.6. The van der Waals surface area contributed by atoms with E-state index in [0.717, 1.165) is 18.2 Å². The number of allylic oxidation sites excluding steroid dienone is 2. The third-order valence-electron chi connectivity index (χ3n) is 4.17. The zero-order chi connectivity index (χ0) is 12.5. The van der Waals surface area contributed by atoms with Crippen molar-refractivity contribution in [2.45, 2.75) is 19.8 Å². The van der Waals surface area contributed by atoms with Crippen LogP contribution in [0.15, 0.2) is 36.7 Å². The van der Waals surface area contributed by atoms with Crippen LogP contribution in [0.1, 0.15) is 19.8 Å². The Labute approximate surface area is 108 Å². The van der Waals surface area contributed by atoms with E-state index in [1.165, 1.54) is 12.8 Å². The molecule has 3 atom stereocenters. The molecular weight excluding hydrogens is 224 g/mol. The first-order valence-corrected chi connectivity index (χ1v) is 6.60. The number of amides is 1. The van der Waals surface area contributed by atoms with Crippen molar-refractivity contribution in [1.82, 2.24) is 4.98 Å². The van der Waals surface area contributed by atoms with Crippen molar-refractivity contribution in [3.63, 3.8) is 0 Å². The van der Waals surface area contributed by atoms with Crippen LogP contribution in [0.3, 0.4) is 0 Å². The normalized spacial score (nSPS) is 28.6. The molecule has 0 radical (unpaired) electrons. The minimum atomic E-state index is 0.106. The van der Waals surface area contributed by atoms with Gasteiger partial charge in [0.25, 0.3) is 0 Å². The first-order chi connectivity index (χ1) is 8.74. The minimum absolute atomic E-state index is 0.106. The van der Waals surface area contributed by atoms with Gasteiger partial charge in [-0.3, -0.25) is 9.78 Å². The van der Waals surface area contributed by atoms with E-state index >= 15 is 0 Å². The van der Waals surface area contributed by atoms with E-state index in [0.29, 0.717) is 11.8 Å². The van der Waals surface area contributed by atoms with Gasteiger partial charge in [-0.05, 0) is 42.7 Å². The fraction of sp³-hybridized carbons (Fsp3) is 0.467. The van der Waals surface area contributed by atoms with Crippen LogP contribution in [0.25, 0.3) is 0 Å². The van der Waals surface area contributed by atoms with Gasteiger partial charge in [0.2, 0.25) is 5.91 Å². The first-order valence-electron chi connectivity index (χ1n) is 6.60. The Morgan fingerprint density at radius 3 is 2.89 bits per heavy atom. The summed E-state index contributed by atoms with van der Waals surface area (Å²) < 4.78 is 0. The van der Waals surface area contributed by atoms with Crippen LogP contribution in [0, 0.1) is 17.8 Å². The Morgan fingerprint density at radius 1 is 1.44 bits per heavy atom.